The standard InChI is InChI=1S/C12H9BrF3N3/c13-9-2-1-7(5-8(9)12(14,15)16)19-11-3-4-18-6-10(11)17/h1-6H,17H2,(H,18,19). The molecule has 2 aromatic rings. The molecule has 0 aliphatic rings. The molecule has 0 aliphatic heterocycles. The summed E-state index contributed by atoms with van der Waals surface area (Å²) >= 11 is 2.88. The van der Waals surface area contributed by atoms with Gasteiger partial charge in [-0.1, -0.05) is 15.9 Å². The summed E-state index contributed by atoms with van der Waals surface area (Å²) < 4.78 is 38.3. The molecule has 2 rings (SSSR count). The second-order valence-electron chi connectivity index (χ2n) is 3.78. The van der Waals surface area contributed by atoms with Crippen molar-refractivity contribution in [1.82, 2.24) is 4.98 Å². The number of halogens is 4. The number of alkyl halides is 3. The third-order valence-electron chi connectivity index (χ3n) is 2.40. The van der Waals surface area contributed by atoms with E-state index in [1.807, 2.05) is 0 Å². The van der Waals surface area contributed by atoms with Crippen LogP contribution in [0.2, 0.25) is 0 Å². The average molecular weight is 332 g/mol. The zero-order valence-electron chi connectivity index (χ0n) is 9.50. The highest BCUT2D eigenvalue weighted by molar-refractivity contribution is 9.10. The van der Waals surface area contributed by atoms with E-state index in [2.05, 4.69) is 26.2 Å². The lowest BCUT2D eigenvalue weighted by Crippen LogP contribution is -2.07. The Balaban J connectivity index is 2.35. The van der Waals surface area contributed by atoms with Crippen LogP contribution in [0.3, 0.4) is 0 Å². The van der Waals surface area contributed by atoms with Gasteiger partial charge in [-0.05, 0) is 24.3 Å². The third kappa shape index (κ3) is 3.17. The topological polar surface area (TPSA) is 50.9 Å². The van der Waals surface area contributed by atoms with Crippen molar-refractivity contribution in [2.45, 2.75) is 6.18 Å². The fourth-order valence-electron chi connectivity index (χ4n) is 1.50. The van der Waals surface area contributed by atoms with Crippen LogP contribution in [0, 0.1) is 0 Å². The maximum absolute atomic E-state index is 12.8. The SMILES string of the molecule is Nc1cnccc1Nc1ccc(Br)c(C(F)(F)F)c1. The summed E-state index contributed by atoms with van der Waals surface area (Å²) in [5.74, 6) is 0. The third-order valence-corrected chi connectivity index (χ3v) is 3.09. The second kappa shape index (κ2) is 5.08. The molecule has 1 heterocycles. The summed E-state index contributed by atoms with van der Waals surface area (Å²) in [5, 5.41) is 2.83. The van der Waals surface area contributed by atoms with E-state index in [0.717, 1.165) is 6.07 Å². The zero-order chi connectivity index (χ0) is 14.0. The summed E-state index contributed by atoms with van der Waals surface area (Å²) in [5.41, 5.74) is 6.09. The minimum Gasteiger partial charge on any atom is -0.396 e. The highest BCUT2D eigenvalue weighted by Crippen LogP contribution is 2.37. The van der Waals surface area contributed by atoms with Gasteiger partial charge in [-0.25, -0.2) is 0 Å². The molecule has 0 unspecified atom stereocenters. The van der Waals surface area contributed by atoms with Crippen LogP contribution < -0.4 is 11.1 Å². The van der Waals surface area contributed by atoms with Crippen LogP contribution >= 0.6 is 15.9 Å². The maximum Gasteiger partial charge on any atom is 0.417 e. The van der Waals surface area contributed by atoms with Crippen LogP contribution in [-0.2, 0) is 6.18 Å². The number of hydrogen-bond donors (Lipinski definition) is 2. The van der Waals surface area contributed by atoms with E-state index >= 15 is 0 Å². The van der Waals surface area contributed by atoms with Crippen molar-refractivity contribution < 1.29 is 13.2 Å². The summed E-state index contributed by atoms with van der Waals surface area (Å²) in [7, 11) is 0. The van der Waals surface area contributed by atoms with Crippen LogP contribution in [0.4, 0.5) is 30.2 Å². The molecular formula is C12H9BrF3N3. The number of hydrogen-bond acceptors (Lipinski definition) is 3. The average Bonchev–Trinajstić information content (AvgIpc) is 2.33. The Morgan fingerprint density at radius 3 is 2.58 bits per heavy atom. The van der Waals surface area contributed by atoms with Crippen LogP contribution in [0.1, 0.15) is 5.56 Å². The lowest BCUT2D eigenvalue weighted by Gasteiger charge is -2.13. The predicted molar refractivity (Wildman–Crippen MR) is 71.1 cm³/mol. The fraction of sp³-hybridized carbons (Fsp3) is 0.0833. The van der Waals surface area contributed by atoms with Crippen LogP contribution in [-0.4, -0.2) is 4.98 Å². The molecule has 7 heteroatoms. The number of benzene rings is 1. The molecule has 3 nitrogen and oxygen atoms in total. The molecule has 3 N–H and O–H groups in total. The minimum absolute atomic E-state index is 0.00625. The first-order valence-electron chi connectivity index (χ1n) is 5.21. The molecule has 0 saturated carbocycles. The number of aromatic nitrogens is 1. The fourth-order valence-corrected chi connectivity index (χ4v) is 1.97. The molecule has 0 bridgehead atoms. The van der Waals surface area contributed by atoms with Gasteiger partial charge in [0.05, 0.1) is 23.1 Å². The quantitative estimate of drug-likeness (QED) is 0.867. The van der Waals surface area contributed by atoms with Crippen molar-refractivity contribution >= 4 is 33.0 Å². The summed E-state index contributed by atoms with van der Waals surface area (Å²) in [6.45, 7) is 0. The lowest BCUT2D eigenvalue weighted by atomic mass is 10.2. The van der Waals surface area contributed by atoms with Gasteiger partial charge in [0.15, 0.2) is 0 Å². The molecule has 19 heavy (non-hydrogen) atoms. The number of anilines is 3. The number of nitrogen functional groups attached to an aromatic ring is 1. The van der Waals surface area contributed by atoms with Crippen LogP contribution in [0.25, 0.3) is 0 Å². The van der Waals surface area contributed by atoms with Gasteiger partial charge in [-0.15, -0.1) is 0 Å². The Morgan fingerprint density at radius 1 is 1.21 bits per heavy atom. The number of rotatable bonds is 2. The zero-order valence-corrected chi connectivity index (χ0v) is 11.1. The molecule has 0 fully saturated rings. The maximum atomic E-state index is 12.8. The molecule has 0 aliphatic carbocycles. The first kappa shape index (κ1) is 13.7. The highest BCUT2D eigenvalue weighted by atomic mass is 79.9. The van der Waals surface area contributed by atoms with Gasteiger partial charge < -0.3 is 11.1 Å². The van der Waals surface area contributed by atoms with Gasteiger partial charge in [0.2, 0.25) is 0 Å². The van der Waals surface area contributed by atoms with Gasteiger partial charge in [0.1, 0.15) is 0 Å². The van der Waals surface area contributed by atoms with Gasteiger partial charge >= 0.3 is 6.18 Å². The Bertz CT molecular complexity index is 599. The summed E-state index contributed by atoms with van der Waals surface area (Å²) in [4.78, 5) is 3.80. The van der Waals surface area contributed by atoms with Crippen molar-refractivity contribution in [1.29, 1.82) is 0 Å². The molecule has 100 valence electrons. The number of nitrogens with one attached hydrogen (secondary N) is 1. The van der Waals surface area contributed by atoms with Gasteiger partial charge in [0, 0.05) is 16.4 Å². The molecule has 1 aromatic carbocycles. The predicted octanol–water partition coefficient (Wildman–Crippen LogP) is 4.19. The normalized spacial score (nSPS) is 11.4. The number of pyridine rings is 1. The van der Waals surface area contributed by atoms with E-state index in [0.29, 0.717) is 17.1 Å². The van der Waals surface area contributed by atoms with Gasteiger partial charge in [-0.2, -0.15) is 13.2 Å². The van der Waals surface area contributed by atoms with Crippen molar-refractivity contribution in [2.75, 3.05) is 11.1 Å². The molecule has 0 spiro atoms. The second-order valence-corrected chi connectivity index (χ2v) is 4.63. The van der Waals surface area contributed by atoms with Crippen molar-refractivity contribution in [2.24, 2.45) is 0 Å². The lowest BCUT2D eigenvalue weighted by molar-refractivity contribution is -0.138. The highest BCUT2D eigenvalue weighted by Gasteiger charge is 2.33. The summed E-state index contributed by atoms with van der Waals surface area (Å²) in [6, 6.07) is 5.47. The Labute approximate surface area is 115 Å². The van der Waals surface area contributed by atoms with E-state index in [1.165, 1.54) is 24.5 Å². The van der Waals surface area contributed by atoms with Crippen molar-refractivity contribution in [3.63, 3.8) is 0 Å². The van der Waals surface area contributed by atoms with Crippen molar-refractivity contribution in [3.05, 3.63) is 46.7 Å². The monoisotopic (exact) mass is 331 g/mol. The molecule has 0 atom stereocenters. The van der Waals surface area contributed by atoms with Crippen LogP contribution in [0.15, 0.2) is 41.1 Å². The summed E-state index contributed by atoms with van der Waals surface area (Å²) in [6.07, 6.45) is -1.49. The van der Waals surface area contributed by atoms with E-state index in [-0.39, 0.29) is 4.47 Å². The molecule has 1 aromatic heterocycles. The van der Waals surface area contributed by atoms with E-state index < -0.39 is 11.7 Å². The molecule has 0 radical (unpaired) electrons. The van der Waals surface area contributed by atoms with Crippen molar-refractivity contribution in [3.8, 4) is 0 Å². The molecular weight excluding hydrogens is 323 g/mol. The molecule has 0 saturated heterocycles. The smallest absolute Gasteiger partial charge is 0.396 e. The Hall–Kier alpha value is -1.76. The van der Waals surface area contributed by atoms with Gasteiger partial charge in [0.25, 0.3) is 0 Å². The Morgan fingerprint density at radius 2 is 1.95 bits per heavy atom. The number of nitrogens with two attached hydrogens (primary N) is 1. The van der Waals surface area contributed by atoms with Gasteiger partial charge in [-0.3, -0.25) is 4.98 Å². The van der Waals surface area contributed by atoms with Crippen LogP contribution in [0.5, 0.6) is 0 Å². The minimum atomic E-state index is -4.42. The van der Waals surface area contributed by atoms with E-state index in [1.54, 1.807) is 6.07 Å². The largest absolute Gasteiger partial charge is 0.417 e. The van der Waals surface area contributed by atoms with E-state index in [4.69, 9.17) is 5.73 Å². The first-order valence-corrected chi connectivity index (χ1v) is 6.00. The number of nitrogens with zero attached hydrogens (tertiary/aromatic N) is 1. The molecule has 0 amide bonds. The van der Waals surface area contributed by atoms with E-state index in [9.17, 15) is 13.2 Å². The Kier molecular flexibility index (Phi) is 3.66. The first-order chi connectivity index (χ1) is 8.88.